The van der Waals surface area contributed by atoms with Crippen LogP contribution in [-0.2, 0) is 16.1 Å². The number of ketones is 1. The summed E-state index contributed by atoms with van der Waals surface area (Å²) in [5.74, 6) is -4.16. The summed E-state index contributed by atoms with van der Waals surface area (Å²) in [6, 6.07) is 0. The zero-order chi connectivity index (χ0) is 25.6. The molecule has 5 fully saturated rings. The number of Topliss-reactive ketones (excluding diaryl/α,β-unsaturated/α-hetero) is 1. The van der Waals surface area contributed by atoms with E-state index in [0.717, 1.165) is 44.9 Å². The Morgan fingerprint density at radius 3 is 2.58 bits per heavy atom. The second-order valence-electron chi connectivity index (χ2n) is 13.0. The molecule has 0 radical (unpaired) electrons. The highest BCUT2D eigenvalue weighted by atomic mass is 19.3. The molecule has 1 aromatic rings. The SMILES string of the molecule is CCOC(=O)c1cnn(CC(=O)[C@H]2[C@@H]3[C@H]([C@H]4[C@@H]5CC[C@@H]6C[C@](C)(O)CC[C@@H]6[C@H]5CC[C@@]42C)C3(F)F)c1. The van der Waals surface area contributed by atoms with Gasteiger partial charge in [-0.1, -0.05) is 6.92 Å². The molecule has 6 nitrogen and oxygen atoms in total. The molecule has 10 atom stereocenters. The molecule has 36 heavy (non-hydrogen) atoms. The highest BCUT2D eigenvalue weighted by Gasteiger charge is 2.84. The molecule has 0 unspecified atom stereocenters. The molecule has 8 heteroatoms. The number of hydrogen-bond acceptors (Lipinski definition) is 5. The zero-order valence-corrected chi connectivity index (χ0v) is 21.5. The summed E-state index contributed by atoms with van der Waals surface area (Å²) in [5.41, 5.74) is -0.756. The van der Waals surface area contributed by atoms with Crippen molar-refractivity contribution < 1.29 is 28.2 Å². The Labute approximate surface area is 211 Å². The van der Waals surface area contributed by atoms with Crippen LogP contribution in [0, 0.1) is 52.8 Å². The molecule has 0 aromatic carbocycles. The number of aromatic nitrogens is 2. The second kappa shape index (κ2) is 8.08. The van der Waals surface area contributed by atoms with E-state index in [2.05, 4.69) is 12.0 Å². The van der Waals surface area contributed by atoms with Crippen molar-refractivity contribution in [2.24, 2.45) is 52.8 Å². The first-order chi connectivity index (χ1) is 17.0. The normalized spacial score (nSPS) is 46.2. The fourth-order valence-electron chi connectivity index (χ4n) is 9.67. The van der Waals surface area contributed by atoms with Gasteiger partial charge >= 0.3 is 5.97 Å². The number of hydrogen-bond donors (Lipinski definition) is 1. The van der Waals surface area contributed by atoms with Crippen molar-refractivity contribution >= 4 is 11.8 Å². The topological polar surface area (TPSA) is 81.4 Å². The van der Waals surface area contributed by atoms with E-state index < -0.39 is 40.7 Å². The second-order valence-corrected chi connectivity index (χ2v) is 13.0. The molecule has 5 aliphatic carbocycles. The van der Waals surface area contributed by atoms with E-state index in [1.54, 1.807) is 6.92 Å². The average molecular weight is 505 g/mol. The lowest BCUT2D eigenvalue weighted by Crippen LogP contribution is -2.53. The largest absolute Gasteiger partial charge is 0.462 e. The van der Waals surface area contributed by atoms with Crippen LogP contribution >= 0.6 is 0 Å². The van der Waals surface area contributed by atoms with E-state index in [1.807, 2.05) is 6.92 Å². The molecule has 0 bridgehead atoms. The minimum Gasteiger partial charge on any atom is -0.462 e. The maximum absolute atomic E-state index is 15.3. The number of carbonyl (C=O) groups is 2. The average Bonchev–Trinajstić information content (AvgIpc) is 3.13. The van der Waals surface area contributed by atoms with E-state index in [9.17, 15) is 14.7 Å². The van der Waals surface area contributed by atoms with Crippen molar-refractivity contribution in [3.05, 3.63) is 18.0 Å². The first-order valence-electron chi connectivity index (χ1n) is 13.8. The number of rotatable bonds is 5. The predicted molar refractivity (Wildman–Crippen MR) is 127 cm³/mol. The third-order valence-corrected chi connectivity index (χ3v) is 11.0. The van der Waals surface area contributed by atoms with Gasteiger partial charge in [-0.05, 0) is 93.8 Å². The van der Waals surface area contributed by atoms with E-state index >= 15 is 8.78 Å². The molecule has 0 spiro atoms. The Kier molecular flexibility index (Phi) is 5.50. The molecule has 1 N–H and O–H groups in total. The third-order valence-electron chi connectivity index (χ3n) is 11.0. The Bertz CT molecular complexity index is 1070. The summed E-state index contributed by atoms with van der Waals surface area (Å²) < 4.78 is 36.9. The monoisotopic (exact) mass is 504 g/mol. The van der Waals surface area contributed by atoms with Gasteiger partial charge in [0.15, 0.2) is 5.78 Å². The summed E-state index contributed by atoms with van der Waals surface area (Å²) in [6.45, 7) is 5.90. The summed E-state index contributed by atoms with van der Waals surface area (Å²) in [6.07, 6.45) is 9.18. The summed E-state index contributed by atoms with van der Waals surface area (Å²) >= 11 is 0. The standard InChI is InChI=1S/C28H38F2N2O4/c1-4-36-25(34)16-12-31-32(13-16)14-20(33)22-24-23(28(24,29)30)21-19-6-5-15-11-26(2,35)9-7-17(15)18(19)8-10-27(21,22)3/h12-13,15,17-19,21-24,35H,4-11,14H2,1-3H3/t15-,17+,18-,19-,21-,22+,23+,24-,26-,27+/m1/s1. The Morgan fingerprint density at radius 2 is 1.83 bits per heavy atom. The third kappa shape index (κ3) is 3.52. The highest BCUT2D eigenvalue weighted by molar-refractivity contribution is 5.89. The number of alkyl halides is 2. The zero-order valence-electron chi connectivity index (χ0n) is 21.5. The van der Waals surface area contributed by atoms with Gasteiger partial charge in [0, 0.05) is 24.0 Å². The number of halogens is 2. The number of ether oxygens (including phenoxy) is 1. The molecule has 1 aromatic heterocycles. The number of fused-ring (bicyclic) bond motifs is 7. The number of esters is 1. The van der Waals surface area contributed by atoms with Gasteiger partial charge < -0.3 is 9.84 Å². The van der Waals surface area contributed by atoms with Gasteiger partial charge in [-0.15, -0.1) is 0 Å². The van der Waals surface area contributed by atoms with Crippen molar-refractivity contribution in [2.75, 3.05) is 6.61 Å². The maximum Gasteiger partial charge on any atom is 0.341 e. The molecule has 5 aliphatic rings. The first kappa shape index (κ1) is 24.5. The van der Waals surface area contributed by atoms with Gasteiger partial charge in [-0.3, -0.25) is 9.48 Å². The van der Waals surface area contributed by atoms with Gasteiger partial charge in [0.2, 0.25) is 0 Å². The van der Waals surface area contributed by atoms with E-state index in [1.165, 1.54) is 17.1 Å². The van der Waals surface area contributed by atoms with Crippen LogP contribution in [0.1, 0.15) is 76.1 Å². The molecule has 1 heterocycles. The molecular weight excluding hydrogens is 466 g/mol. The van der Waals surface area contributed by atoms with Crippen molar-refractivity contribution in [3.63, 3.8) is 0 Å². The van der Waals surface area contributed by atoms with Crippen LogP contribution in [0.25, 0.3) is 0 Å². The van der Waals surface area contributed by atoms with Crippen molar-refractivity contribution in [3.8, 4) is 0 Å². The Balaban J connectivity index is 1.23. The van der Waals surface area contributed by atoms with Crippen molar-refractivity contribution in [1.29, 1.82) is 0 Å². The lowest BCUT2D eigenvalue weighted by atomic mass is 9.47. The van der Waals surface area contributed by atoms with Gasteiger partial charge in [0.05, 0.1) is 30.5 Å². The van der Waals surface area contributed by atoms with E-state index in [4.69, 9.17) is 4.74 Å². The van der Waals surface area contributed by atoms with Gasteiger partial charge in [0.25, 0.3) is 5.92 Å². The summed E-state index contributed by atoms with van der Waals surface area (Å²) in [4.78, 5) is 25.6. The molecule has 6 rings (SSSR count). The van der Waals surface area contributed by atoms with Crippen molar-refractivity contribution in [1.82, 2.24) is 9.78 Å². The number of nitrogens with zero attached hydrogens (tertiary/aromatic N) is 2. The Hall–Kier alpha value is -1.83. The van der Waals surface area contributed by atoms with Crippen LogP contribution in [0.15, 0.2) is 12.4 Å². The first-order valence-corrected chi connectivity index (χ1v) is 13.8. The molecule has 0 saturated heterocycles. The van der Waals surface area contributed by atoms with Crippen LogP contribution in [0.4, 0.5) is 8.78 Å². The molecule has 198 valence electrons. The number of aliphatic hydroxyl groups is 1. The van der Waals surface area contributed by atoms with Gasteiger partial charge in [-0.25, -0.2) is 13.6 Å². The van der Waals surface area contributed by atoms with Crippen LogP contribution in [-0.4, -0.2) is 44.8 Å². The quantitative estimate of drug-likeness (QED) is 0.586. The van der Waals surface area contributed by atoms with Crippen LogP contribution in [0.3, 0.4) is 0 Å². The lowest BCUT2D eigenvalue weighted by molar-refractivity contribution is -0.146. The van der Waals surface area contributed by atoms with Crippen LogP contribution < -0.4 is 0 Å². The van der Waals surface area contributed by atoms with Crippen LogP contribution in [0.2, 0.25) is 0 Å². The smallest absolute Gasteiger partial charge is 0.341 e. The fraction of sp³-hybridized carbons (Fsp3) is 0.821. The maximum atomic E-state index is 15.3. The lowest BCUT2D eigenvalue weighted by Gasteiger charge is -2.57. The molecule has 0 amide bonds. The molecule has 0 aliphatic heterocycles. The van der Waals surface area contributed by atoms with E-state index in [0.29, 0.717) is 17.8 Å². The summed E-state index contributed by atoms with van der Waals surface area (Å²) in [7, 11) is 0. The minimum atomic E-state index is -2.78. The van der Waals surface area contributed by atoms with Crippen LogP contribution in [0.5, 0.6) is 0 Å². The Morgan fingerprint density at radius 1 is 1.08 bits per heavy atom. The highest BCUT2D eigenvalue weighted by Crippen LogP contribution is 2.79. The molecule has 5 saturated carbocycles. The fourth-order valence-corrected chi connectivity index (χ4v) is 9.67. The van der Waals surface area contributed by atoms with E-state index in [-0.39, 0.29) is 36.3 Å². The minimum absolute atomic E-state index is 0.0977. The molecular formula is C28H38F2N2O4. The summed E-state index contributed by atoms with van der Waals surface area (Å²) in [5, 5.41) is 14.8. The van der Waals surface area contributed by atoms with Gasteiger partial charge in [-0.2, -0.15) is 5.10 Å². The van der Waals surface area contributed by atoms with Crippen molar-refractivity contribution in [2.45, 2.75) is 83.8 Å². The van der Waals surface area contributed by atoms with Gasteiger partial charge in [0.1, 0.15) is 0 Å². The number of carbonyl (C=O) groups excluding carboxylic acids is 2. The predicted octanol–water partition coefficient (Wildman–Crippen LogP) is 4.75.